The van der Waals surface area contributed by atoms with E-state index in [2.05, 4.69) is 5.10 Å². The van der Waals surface area contributed by atoms with E-state index in [1.165, 1.54) is 12.1 Å². The molecule has 2 rings (SSSR count). The molecule has 0 N–H and O–H groups in total. The number of alkyl halides is 2. The number of halogens is 3. The van der Waals surface area contributed by atoms with Crippen LogP contribution in [0.15, 0.2) is 36.5 Å². The zero-order chi connectivity index (χ0) is 13.9. The van der Waals surface area contributed by atoms with E-state index in [9.17, 15) is 4.39 Å². The van der Waals surface area contributed by atoms with Gasteiger partial charge in [0.25, 0.3) is 0 Å². The van der Waals surface area contributed by atoms with Crippen LogP contribution in [-0.4, -0.2) is 21.5 Å². The van der Waals surface area contributed by atoms with Crippen molar-refractivity contribution in [1.82, 2.24) is 9.78 Å². The molecule has 0 amide bonds. The summed E-state index contributed by atoms with van der Waals surface area (Å²) >= 11 is 12.3. The van der Waals surface area contributed by atoms with Gasteiger partial charge in [-0.2, -0.15) is 5.10 Å². The summed E-state index contributed by atoms with van der Waals surface area (Å²) < 4.78 is 15.1. The number of rotatable bonds is 5. The molecule has 2 nitrogen and oxygen atoms in total. The summed E-state index contributed by atoms with van der Waals surface area (Å²) in [5, 5.41) is 4.34. The molecular weight excluding hydrogens is 286 g/mol. The van der Waals surface area contributed by atoms with Gasteiger partial charge < -0.3 is 0 Å². The van der Waals surface area contributed by atoms with E-state index in [0.717, 1.165) is 11.3 Å². The van der Waals surface area contributed by atoms with E-state index in [-0.39, 0.29) is 5.82 Å². The van der Waals surface area contributed by atoms with Crippen molar-refractivity contribution in [3.63, 3.8) is 0 Å². The molecule has 1 aromatic heterocycles. The van der Waals surface area contributed by atoms with Gasteiger partial charge in [-0.05, 0) is 23.8 Å². The lowest BCUT2D eigenvalue weighted by molar-refractivity contribution is 0.517. The molecular formula is C14H15Cl2FN2. The maximum atomic E-state index is 13.4. The predicted molar refractivity (Wildman–Crippen MR) is 76.4 cm³/mol. The van der Waals surface area contributed by atoms with Crippen molar-refractivity contribution in [3.8, 4) is 0 Å². The summed E-state index contributed by atoms with van der Waals surface area (Å²) in [4.78, 5) is 0. The van der Waals surface area contributed by atoms with Crippen LogP contribution < -0.4 is 0 Å². The molecule has 2 aromatic rings. The van der Waals surface area contributed by atoms with E-state index in [0.29, 0.717) is 18.2 Å². The first-order chi connectivity index (χ1) is 9.09. The summed E-state index contributed by atoms with van der Waals surface area (Å²) in [7, 11) is 1.86. The van der Waals surface area contributed by atoms with Gasteiger partial charge in [-0.1, -0.05) is 12.1 Å². The van der Waals surface area contributed by atoms with Crippen molar-refractivity contribution in [2.75, 3.05) is 11.8 Å². The topological polar surface area (TPSA) is 17.8 Å². The van der Waals surface area contributed by atoms with Crippen LogP contribution in [-0.2, 0) is 18.9 Å². The Morgan fingerprint density at radius 2 is 2.00 bits per heavy atom. The molecule has 0 aliphatic carbocycles. The highest BCUT2D eigenvalue weighted by atomic mass is 35.5. The second kappa shape index (κ2) is 5.93. The van der Waals surface area contributed by atoms with Crippen LogP contribution in [0, 0.1) is 5.82 Å². The van der Waals surface area contributed by atoms with Gasteiger partial charge in [0, 0.05) is 36.8 Å². The van der Waals surface area contributed by atoms with Gasteiger partial charge in [0.1, 0.15) is 5.82 Å². The van der Waals surface area contributed by atoms with Gasteiger partial charge in [0.2, 0.25) is 0 Å². The molecule has 0 aliphatic rings. The fraction of sp³-hybridized carbons (Fsp3) is 0.357. The van der Waals surface area contributed by atoms with Gasteiger partial charge >= 0.3 is 0 Å². The maximum Gasteiger partial charge on any atom is 0.123 e. The van der Waals surface area contributed by atoms with E-state index >= 15 is 0 Å². The lowest BCUT2D eigenvalue weighted by atomic mass is 9.80. The molecule has 0 unspecified atom stereocenters. The number of hydrogen-bond donors (Lipinski definition) is 0. The normalized spacial score (nSPS) is 11.8. The molecule has 1 aromatic carbocycles. The van der Waals surface area contributed by atoms with Crippen LogP contribution in [0.5, 0.6) is 0 Å². The lowest BCUT2D eigenvalue weighted by Crippen LogP contribution is -2.33. The monoisotopic (exact) mass is 300 g/mol. The van der Waals surface area contributed by atoms with E-state index in [1.807, 2.05) is 25.4 Å². The largest absolute Gasteiger partial charge is 0.276 e. The van der Waals surface area contributed by atoms with Crippen molar-refractivity contribution in [1.29, 1.82) is 0 Å². The van der Waals surface area contributed by atoms with Gasteiger partial charge in [-0.15, -0.1) is 23.2 Å². The number of benzene rings is 1. The highest BCUT2D eigenvalue weighted by Gasteiger charge is 2.32. The van der Waals surface area contributed by atoms with Crippen LogP contribution in [0.2, 0.25) is 0 Å². The Hall–Kier alpha value is -1.06. The average Bonchev–Trinajstić information content (AvgIpc) is 2.81. The van der Waals surface area contributed by atoms with Crippen LogP contribution in [0.4, 0.5) is 4.39 Å². The molecule has 0 saturated carbocycles. The number of aromatic nitrogens is 2. The number of nitrogens with zero attached hydrogens (tertiary/aromatic N) is 2. The smallest absolute Gasteiger partial charge is 0.123 e. The molecule has 0 aliphatic heterocycles. The number of hydrogen-bond acceptors (Lipinski definition) is 1. The van der Waals surface area contributed by atoms with Gasteiger partial charge in [0.15, 0.2) is 0 Å². The van der Waals surface area contributed by atoms with Crippen LogP contribution in [0.25, 0.3) is 0 Å². The van der Waals surface area contributed by atoms with Crippen LogP contribution in [0.3, 0.4) is 0 Å². The fourth-order valence-electron chi connectivity index (χ4n) is 2.11. The van der Waals surface area contributed by atoms with Crippen molar-refractivity contribution < 1.29 is 4.39 Å². The highest BCUT2D eigenvalue weighted by Crippen LogP contribution is 2.31. The Morgan fingerprint density at radius 3 is 2.53 bits per heavy atom. The Bertz CT molecular complexity index is 550. The van der Waals surface area contributed by atoms with Gasteiger partial charge in [-0.3, -0.25) is 4.68 Å². The zero-order valence-corrected chi connectivity index (χ0v) is 12.1. The second-order valence-electron chi connectivity index (χ2n) is 4.72. The molecule has 0 saturated heterocycles. The van der Waals surface area contributed by atoms with Gasteiger partial charge in [0.05, 0.1) is 5.69 Å². The zero-order valence-electron chi connectivity index (χ0n) is 10.6. The summed E-state index contributed by atoms with van der Waals surface area (Å²) in [6.07, 6.45) is 2.46. The SMILES string of the molecule is Cn1ccc(CC(CCl)(CCl)c2cccc(F)c2)n1. The maximum absolute atomic E-state index is 13.4. The van der Waals surface area contributed by atoms with Crippen molar-refractivity contribution in [2.45, 2.75) is 11.8 Å². The molecule has 5 heteroatoms. The van der Waals surface area contributed by atoms with E-state index in [1.54, 1.807) is 10.7 Å². The molecule has 102 valence electrons. The minimum atomic E-state index is -0.500. The standard InChI is InChI=1S/C14H15Cl2FN2/c1-19-6-5-13(18-19)8-14(9-15,10-16)11-3-2-4-12(17)7-11/h2-7H,8-10H2,1H3. The Morgan fingerprint density at radius 1 is 1.26 bits per heavy atom. The number of aryl methyl sites for hydroxylation is 1. The molecule has 0 bridgehead atoms. The Labute approximate surface area is 122 Å². The molecule has 0 spiro atoms. The van der Waals surface area contributed by atoms with Crippen LogP contribution >= 0.6 is 23.2 Å². The summed E-state index contributed by atoms with van der Waals surface area (Å²) in [6.45, 7) is 0. The van der Waals surface area contributed by atoms with E-state index < -0.39 is 5.41 Å². The second-order valence-corrected chi connectivity index (χ2v) is 5.25. The first-order valence-electron chi connectivity index (χ1n) is 5.96. The highest BCUT2D eigenvalue weighted by molar-refractivity contribution is 6.22. The molecule has 0 atom stereocenters. The summed E-state index contributed by atoms with van der Waals surface area (Å²) in [5.74, 6) is 0.352. The minimum Gasteiger partial charge on any atom is -0.276 e. The van der Waals surface area contributed by atoms with Crippen molar-refractivity contribution >= 4 is 23.2 Å². The summed E-state index contributed by atoms with van der Waals surface area (Å²) in [6, 6.07) is 8.37. The molecule has 0 fully saturated rings. The third-order valence-electron chi connectivity index (χ3n) is 3.24. The quantitative estimate of drug-likeness (QED) is 0.773. The first kappa shape index (κ1) is 14.4. The third-order valence-corrected chi connectivity index (χ3v) is 4.26. The summed E-state index contributed by atoms with van der Waals surface area (Å²) in [5.41, 5.74) is 1.20. The van der Waals surface area contributed by atoms with Crippen molar-refractivity contribution in [3.05, 3.63) is 53.6 Å². The first-order valence-corrected chi connectivity index (χ1v) is 7.03. The lowest BCUT2D eigenvalue weighted by Gasteiger charge is -2.29. The molecule has 19 heavy (non-hydrogen) atoms. The predicted octanol–water partition coefficient (Wildman–Crippen LogP) is 3.52. The van der Waals surface area contributed by atoms with Crippen LogP contribution in [0.1, 0.15) is 11.3 Å². The fourth-order valence-corrected chi connectivity index (χ4v) is 2.89. The average molecular weight is 301 g/mol. The Kier molecular flexibility index (Phi) is 4.48. The molecule has 0 radical (unpaired) electrons. The Balaban J connectivity index is 2.37. The van der Waals surface area contributed by atoms with E-state index in [4.69, 9.17) is 23.2 Å². The third kappa shape index (κ3) is 3.10. The molecule has 1 heterocycles. The van der Waals surface area contributed by atoms with Crippen molar-refractivity contribution in [2.24, 2.45) is 7.05 Å². The minimum absolute atomic E-state index is 0.280. The van der Waals surface area contributed by atoms with Gasteiger partial charge in [-0.25, -0.2) is 4.39 Å².